The number of likely N-dealkylation sites (tertiary alicyclic amines) is 1. The minimum absolute atomic E-state index is 0.118. The SMILES string of the molecule is CNS(=O)(=O)c1ccc(NC2CCCCC2)c(-c2nnn(C3CN(C(=O)OC(C)(C)C)C3)n2)c1.CNS(=O)(=O)c1ccc(NC2CCCCC2)c(-c2nnn(C3CNC3)n2)c1. The number of hydrogen-bond donors (Lipinski definition) is 5. The lowest BCUT2D eigenvalue weighted by Crippen LogP contribution is -2.52. The number of nitrogens with one attached hydrogen (secondary N) is 5. The highest BCUT2D eigenvalue weighted by Gasteiger charge is 2.37. The highest BCUT2D eigenvalue weighted by atomic mass is 32.2. The molecule has 22 heteroatoms. The summed E-state index contributed by atoms with van der Waals surface area (Å²) in [6, 6.07) is 10.7. The Morgan fingerprint density at radius 2 is 1.13 bits per heavy atom. The second kappa shape index (κ2) is 18.7. The van der Waals surface area contributed by atoms with Crippen LogP contribution in [0.15, 0.2) is 46.2 Å². The number of nitrogens with zero attached hydrogens (tertiary/aromatic N) is 9. The summed E-state index contributed by atoms with van der Waals surface area (Å²) in [5, 5.41) is 36.1. The number of carbonyl (C=O) groups is 1. The normalized spacial score (nSPS) is 18.4. The van der Waals surface area contributed by atoms with Gasteiger partial charge in [0.2, 0.25) is 31.7 Å². The van der Waals surface area contributed by atoms with Crippen LogP contribution in [-0.4, -0.2) is 126 Å². The molecule has 1 amide bonds. The first-order valence-corrected chi connectivity index (χ1v) is 24.1. The molecule has 4 fully saturated rings. The van der Waals surface area contributed by atoms with Gasteiger partial charge in [0.05, 0.1) is 28.9 Å². The average molecular weight is 883 g/mol. The third-order valence-electron chi connectivity index (χ3n) is 11.3. The van der Waals surface area contributed by atoms with Gasteiger partial charge in [-0.3, -0.25) is 0 Å². The van der Waals surface area contributed by atoms with Gasteiger partial charge in [-0.15, -0.1) is 20.4 Å². The molecule has 5 N–H and O–H groups in total. The van der Waals surface area contributed by atoms with Crippen molar-refractivity contribution < 1.29 is 26.4 Å². The van der Waals surface area contributed by atoms with Gasteiger partial charge in [0.25, 0.3) is 0 Å². The van der Waals surface area contributed by atoms with E-state index in [9.17, 15) is 21.6 Å². The van der Waals surface area contributed by atoms with Gasteiger partial charge in [-0.2, -0.15) is 9.59 Å². The number of carbonyl (C=O) groups excluding carboxylic acids is 1. The molecule has 0 spiro atoms. The first-order valence-electron chi connectivity index (χ1n) is 21.1. The second-order valence-corrected chi connectivity index (χ2v) is 20.8. The molecule has 4 heterocycles. The quantitative estimate of drug-likeness (QED) is 0.135. The number of ether oxygens (including phenoxy) is 1. The maximum absolute atomic E-state index is 12.4. The van der Waals surface area contributed by atoms with Crippen molar-refractivity contribution in [2.24, 2.45) is 0 Å². The Morgan fingerprint density at radius 1 is 0.689 bits per heavy atom. The van der Waals surface area contributed by atoms with Gasteiger partial charge >= 0.3 is 6.09 Å². The number of sulfonamides is 2. The van der Waals surface area contributed by atoms with Crippen molar-refractivity contribution in [3.8, 4) is 22.8 Å². The molecule has 2 aromatic carbocycles. The molecule has 8 rings (SSSR count). The monoisotopic (exact) mass is 882 g/mol. The summed E-state index contributed by atoms with van der Waals surface area (Å²) < 4.78 is 59.4. The zero-order chi connectivity index (χ0) is 43.4. The summed E-state index contributed by atoms with van der Waals surface area (Å²) >= 11 is 0. The fourth-order valence-electron chi connectivity index (χ4n) is 7.66. The van der Waals surface area contributed by atoms with Gasteiger partial charge in [-0.05, 0) is 107 Å². The molecule has 2 saturated heterocycles. The predicted molar refractivity (Wildman–Crippen MR) is 229 cm³/mol. The van der Waals surface area contributed by atoms with E-state index < -0.39 is 25.6 Å². The maximum Gasteiger partial charge on any atom is 0.410 e. The summed E-state index contributed by atoms with van der Waals surface area (Å²) in [7, 11) is -4.40. The molecule has 4 aromatic rings. The van der Waals surface area contributed by atoms with Crippen molar-refractivity contribution in [1.82, 2.24) is 60.1 Å². The van der Waals surface area contributed by atoms with E-state index in [0.717, 1.165) is 50.1 Å². The smallest absolute Gasteiger partial charge is 0.410 e. The molecule has 2 saturated carbocycles. The Balaban J connectivity index is 0.000000189. The molecule has 0 radical (unpaired) electrons. The third-order valence-corrected chi connectivity index (χ3v) is 14.2. The van der Waals surface area contributed by atoms with Crippen LogP contribution in [0.2, 0.25) is 0 Å². The van der Waals surface area contributed by atoms with E-state index in [0.29, 0.717) is 47.9 Å². The fraction of sp³-hybridized carbons (Fsp3) is 0.615. The Morgan fingerprint density at radius 3 is 1.52 bits per heavy atom. The molecule has 61 heavy (non-hydrogen) atoms. The molecular formula is C39H58N14O6S2. The van der Waals surface area contributed by atoms with Crippen molar-refractivity contribution in [3.63, 3.8) is 0 Å². The van der Waals surface area contributed by atoms with E-state index in [2.05, 4.69) is 56.2 Å². The van der Waals surface area contributed by atoms with E-state index in [1.807, 2.05) is 20.8 Å². The summed E-state index contributed by atoms with van der Waals surface area (Å²) in [5.74, 6) is 0.774. The van der Waals surface area contributed by atoms with E-state index in [4.69, 9.17) is 4.74 Å². The lowest BCUT2D eigenvalue weighted by atomic mass is 9.95. The summed E-state index contributed by atoms with van der Waals surface area (Å²) in [6.07, 6.45) is 11.3. The van der Waals surface area contributed by atoms with Crippen molar-refractivity contribution in [3.05, 3.63) is 36.4 Å². The standard InChI is InChI=1S/C22H33N7O4S.C17H25N7O2S/c1-22(2,3)33-21(30)28-13-16(14-28)29-26-20(25-27-29)18-12-17(34(31,32)23-4)10-11-19(18)24-15-8-6-5-7-9-15;1-18-27(25,26)14-7-8-16(20-12-5-3-2-4-6-12)15(9-14)17-21-23-24(22-17)13-10-19-11-13/h10-12,15-16,23-24H,5-9,13-14H2,1-4H3;7-9,12-13,18-20H,2-6,10-11H2,1H3. The molecule has 0 atom stereocenters. The van der Waals surface area contributed by atoms with Gasteiger partial charge in [0, 0.05) is 47.7 Å². The second-order valence-electron chi connectivity index (χ2n) is 17.0. The third kappa shape index (κ3) is 10.8. The van der Waals surface area contributed by atoms with Crippen molar-refractivity contribution in [1.29, 1.82) is 0 Å². The highest BCUT2D eigenvalue weighted by Crippen LogP contribution is 2.33. The maximum atomic E-state index is 12.4. The van der Waals surface area contributed by atoms with Gasteiger partial charge in [-0.1, -0.05) is 38.5 Å². The first-order chi connectivity index (χ1) is 29.1. The van der Waals surface area contributed by atoms with Crippen LogP contribution in [0.4, 0.5) is 16.2 Å². The highest BCUT2D eigenvalue weighted by molar-refractivity contribution is 7.89. The number of benzene rings is 2. The zero-order valence-corrected chi connectivity index (χ0v) is 37.1. The van der Waals surface area contributed by atoms with Crippen LogP contribution >= 0.6 is 0 Å². The minimum Gasteiger partial charge on any atom is -0.444 e. The Labute approximate surface area is 357 Å². The molecule has 4 aliphatic rings. The molecule has 332 valence electrons. The molecule has 0 bridgehead atoms. The number of hydrogen-bond acceptors (Lipinski definition) is 15. The van der Waals surface area contributed by atoms with Gasteiger partial charge in [0.15, 0.2) is 0 Å². The van der Waals surface area contributed by atoms with Crippen LogP contribution in [0.3, 0.4) is 0 Å². The van der Waals surface area contributed by atoms with E-state index in [1.165, 1.54) is 57.4 Å². The molecule has 2 aliphatic heterocycles. The summed E-state index contributed by atoms with van der Waals surface area (Å²) in [4.78, 5) is 17.2. The molecule has 2 aromatic heterocycles. The van der Waals surface area contributed by atoms with E-state index >= 15 is 0 Å². The van der Waals surface area contributed by atoms with Gasteiger partial charge < -0.3 is 25.6 Å². The Bertz CT molecular complexity index is 2360. The number of tetrazole rings is 2. The van der Waals surface area contributed by atoms with Crippen LogP contribution < -0.4 is 25.4 Å². The van der Waals surface area contributed by atoms with Crippen molar-refractivity contribution in [2.75, 3.05) is 50.9 Å². The molecule has 20 nitrogen and oxygen atoms in total. The predicted octanol–water partition coefficient (Wildman–Crippen LogP) is 3.92. The number of anilines is 2. The zero-order valence-electron chi connectivity index (χ0n) is 35.5. The van der Waals surface area contributed by atoms with E-state index in [-0.39, 0.29) is 28.0 Å². The van der Waals surface area contributed by atoms with Crippen LogP contribution in [0, 0.1) is 0 Å². The first kappa shape index (κ1) is 44.3. The van der Waals surface area contributed by atoms with Gasteiger partial charge in [-0.25, -0.2) is 31.1 Å². The van der Waals surface area contributed by atoms with Crippen LogP contribution in [0.1, 0.15) is 97.1 Å². The van der Waals surface area contributed by atoms with Crippen molar-refractivity contribution in [2.45, 2.75) is 125 Å². The van der Waals surface area contributed by atoms with Gasteiger partial charge in [0.1, 0.15) is 11.6 Å². The Kier molecular flexibility index (Phi) is 13.6. The van der Waals surface area contributed by atoms with Crippen molar-refractivity contribution >= 4 is 37.5 Å². The summed E-state index contributed by atoms with van der Waals surface area (Å²) in [6.45, 7) is 7.96. The Hall–Kier alpha value is -4.77. The lowest BCUT2D eigenvalue weighted by Gasteiger charge is -2.38. The number of aromatic nitrogens is 8. The lowest BCUT2D eigenvalue weighted by molar-refractivity contribution is -0.00244. The van der Waals surface area contributed by atoms with Crippen LogP contribution in [-0.2, 0) is 24.8 Å². The summed E-state index contributed by atoms with van der Waals surface area (Å²) in [5.41, 5.74) is 2.32. The minimum atomic E-state index is -3.63. The van der Waals surface area contributed by atoms with Crippen LogP contribution in [0.5, 0.6) is 0 Å². The fourth-order valence-corrected chi connectivity index (χ4v) is 9.17. The van der Waals surface area contributed by atoms with Crippen LogP contribution in [0.25, 0.3) is 22.8 Å². The van der Waals surface area contributed by atoms with E-state index in [1.54, 1.807) is 46.1 Å². The number of rotatable bonds is 12. The molecular weight excluding hydrogens is 825 g/mol. The molecule has 0 unspecified atom stereocenters. The topological polar surface area (TPSA) is 245 Å². The number of amides is 1. The molecule has 2 aliphatic carbocycles. The average Bonchev–Trinajstić information content (AvgIpc) is 3.88. The largest absolute Gasteiger partial charge is 0.444 e.